The first-order chi connectivity index (χ1) is 14.8. The van der Waals surface area contributed by atoms with Crippen molar-refractivity contribution in [1.82, 2.24) is 14.7 Å². The molecule has 0 aliphatic carbocycles. The summed E-state index contributed by atoms with van der Waals surface area (Å²) < 4.78 is 26.2. The normalized spacial score (nSPS) is 18.7. The van der Waals surface area contributed by atoms with E-state index in [4.69, 9.17) is 23.7 Å². The zero-order valence-corrected chi connectivity index (χ0v) is 20.2. The van der Waals surface area contributed by atoms with E-state index in [0.29, 0.717) is 19.7 Å². The average Bonchev–Trinajstić information content (AvgIpc) is 2.79. The molecule has 0 atom stereocenters. The number of β-amino-alcohol motifs (C(OH)–C–C–N with tert-alkyl or cyclic N) is 2. The fourth-order valence-corrected chi connectivity index (χ4v) is 4.12. The first-order valence-corrected chi connectivity index (χ1v) is 10.9. The first kappa shape index (κ1) is 28.6. The Bertz CT molecular complexity index is 411. The molecule has 0 bridgehead atoms. The highest BCUT2D eigenvalue weighted by atomic mass is 16.5. The molecule has 10 nitrogen and oxygen atoms in total. The highest BCUT2D eigenvalue weighted by Gasteiger charge is 2.33. The average molecular weight is 452 g/mol. The van der Waals surface area contributed by atoms with Gasteiger partial charge in [0.15, 0.2) is 0 Å². The van der Waals surface area contributed by atoms with E-state index in [-0.39, 0.29) is 26.4 Å². The summed E-state index contributed by atoms with van der Waals surface area (Å²) in [6.07, 6.45) is 0. The molecule has 31 heavy (non-hydrogen) atoms. The second-order valence-corrected chi connectivity index (χ2v) is 8.57. The van der Waals surface area contributed by atoms with Gasteiger partial charge in [0.05, 0.1) is 33.0 Å². The van der Waals surface area contributed by atoms with Crippen molar-refractivity contribution in [2.45, 2.75) is 11.2 Å². The SMILES string of the molecule is COCCN1CCN(CC(O)(COC)COC)CCN(CC(O)(COC)COC)CC1. The minimum atomic E-state index is -1.08. The fourth-order valence-electron chi connectivity index (χ4n) is 4.12. The summed E-state index contributed by atoms with van der Waals surface area (Å²) in [5.41, 5.74) is -2.15. The molecule has 0 amide bonds. The molecule has 2 N–H and O–H groups in total. The minimum absolute atomic E-state index is 0.204. The number of ether oxygens (including phenoxy) is 5. The van der Waals surface area contributed by atoms with Gasteiger partial charge in [0.25, 0.3) is 0 Å². The summed E-state index contributed by atoms with van der Waals surface area (Å²) in [7, 11) is 8.04. The molecule has 10 heteroatoms. The van der Waals surface area contributed by atoms with Crippen molar-refractivity contribution >= 4 is 0 Å². The van der Waals surface area contributed by atoms with Crippen molar-refractivity contribution in [3.05, 3.63) is 0 Å². The number of aliphatic hydroxyl groups is 2. The van der Waals surface area contributed by atoms with Gasteiger partial charge in [-0.2, -0.15) is 0 Å². The second-order valence-electron chi connectivity index (χ2n) is 8.57. The summed E-state index contributed by atoms with van der Waals surface area (Å²) >= 11 is 0. The predicted molar refractivity (Wildman–Crippen MR) is 119 cm³/mol. The van der Waals surface area contributed by atoms with E-state index < -0.39 is 11.2 Å². The molecule has 0 spiro atoms. The molecular weight excluding hydrogens is 406 g/mol. The Kier molecular flexibility index (Phi) is 14.3. The van der Waals surface area contributed by atoms with Crippen LogP contribution in [0.5, 0.6) is 0 Å². The van der Waals surface area contributed by atoms with Crippen LogP contribution in [0.3, 0.4) is 0 Å². The summed E-state index contributed by atoms with van der Waals surface area (Å²) in [5, 5.41) is 22.0. The van der Waals surface area contributed by atoms with Gasteiger partial charge < -0.3 is 33.9 Å². The zero-order valence-electron chi connectivity index (χ0n) is 20.2. The number of nitrogens with zero attached hydrogens (tertiary/aromatic N) is 3. The molecule has 0 saturated carbocycles. The highest BCUT2D eigenvalue weighted by molar-refractivity contribution is 4.86. The first-order valence-electron chi connectivity index (χ1n) is 10.9. The molecule has 1 saturated heterocycles. The van der Waals surface area contributed by atoms with Gasteiger partial charge in [0.2, 0.25) is 0 Å². The predicted octanol–water partition coefficient (Wildman–Crippen LogP) is -1.40. The number of rotatable bonds is 15. The molecule has 1 aliphatic heterocycles. The molecule has 0 aromatic rings. The van der Waals surface area contributed by atoms with Crippen molar-refractivity contribution in [3.8, 4) is 0 Å². The third kappa shape index (κ3) is 11.3. The smallest absolute Gasteiger partial charge is 0.124 e. The maximum absolute atomic E-state index is 11.0. The van der Waals surface area contributed by atoms with Crippen molar-refractivity contribution in [2.75, 3.05) is 127 Å². The summed E-state index contributed by atoms with van der Waals surface area (Å²) in [6.45, 7) is 8.07. The summed E-state index contributed by atoms with van der Waals surface area (Å²) in [4.78, 5) is 6.83. The number of hydrogen-bond acceptors (Lipinski definition) is 10. The van der Waals surface area contributed by atoms with E-state index in [9.17, 15) is 10.2 Å². The third-order valence-corrected chi connectivity index (χ3v) is 5.50. The fraction of sp³-hybridized carbons (Fsp3) is 1.00. The largest absolute Gasteiger partial charge is 0.384 e. The molecular formula is C21H45N3O7. The number of hydrogen-bond donors (Lipinski definition) is 2. The van der Waals surface area contributed by atoms with Crippen molar-refractivity contribution in [2.24, 2.45) is 0 Å². The van der Waals surface area contributed by atoms with Crippen LogP contribution in [0.25, 0.3) is 0 Å². The second kappa shape index (κ2) is 15.4. The lowest BCUT2D eigenvalue weighted by molar-refractivity contribution is -0.0990. The van der Waals surface area contributed by atoms with Crippen LogP contribution in [0.1, 0.15) is 0 Å². The molecule has 0 unspecified atom stereocenters. The molecule has 1 aliphatic rings. The molecule has 1 heterocycles. The van der Waals surface area contributed by atoms with Crippen LogP contribution in [0.4, 0.5) is 0 Å². The Hall–Kier alpha value is -0.400. The van der Waals surface area contributed by atoms with E-state index in [2.05, 4.69) is 14.7 Å². The van der Waals surface area contributed by atoms with Crippen LogP contribution in [0.15, 0.2) is 0 Å². The van der Waals surface area contributed by atoms with Crippen LogP contribution >= 0.6 is 0 Å². The Morgan fingerprint density at radius 1 is 0.548 bits per heavy atom. The lowest BCUT2D eigenvalue weighted by Crippen LogP contribution is -2.53. The molecule has 0 aromatic carbocycles. The van der Waals surface area contributed by atoms with Gasteiger partial charge in [0, 0.05) is 94.5 Å². The van der Waals surface area contributed by atoms with Crippen LogP contribution in [0.2, 0.25) is 0 Å². The zero-order chi connectivity index (χ0) is 23.2. The van der Waals surface area contributed by atoms with Crippen molar-refractivity contribution in [3.63, 3.8) is 0 Å². The van der Waals surface area contributed by atoms with E-state index >= 15 is 0 Å². The van der Waals surface area contributed by atoms with Gasteiger partial charge in [0.1, 0.15) is 11.2 Å². The Morgan fingerprint density at radius 3 is 1.16 bits per heavy atom. The highest BCUT2D eigenvalue weighted by Crippen LogP contribution is 2.13. The molecule has 1 rings (SSSR count). The van der Waals surface area contributed by atoms with Crippen molar-refractivity contribution < 1.29 is 33.9 Å². The van der Waals surface area contributed by atoms with E-state index in [1.807, 2.05) is 0 Å². The van der Waals surface area contributed by atoms with Gasteiger partial charge in [-0.25, -0.2) is 0 Å². The standard InChI is InChI=1S/C21H45N3O7/c1-27-13-12-22-6-8-23(14-20(25,16-28-2)17-29-3)10-11-24(9-7-22)15-21(26,18-30-4)19-31-5/h25-26H,6-19H2,1-5H3. The van der Waals surface area contributed by atoms with Crippen LogP contribution in [0, 0.1) is 0 Å². The Morgan fingerprint density at radius 2 is 0.871 bits per heavy atom. The third-order valence-electron chi connectivity index (χ3n) is 5.50. The van der Waals surface area contributed by atoms with E-state index in [1.54, 1.807) is 35.5 Å². The Balaban J connectivity index is 2.92. The van der Waals surface area contributed by atoms with Gasteiger partial charge in [-0.15, -0.1) is 0 Å². The van der Waals surface area contributed by atoms with Gasteiger partial charge in [-0.1, -0.05) is 0 Å². The number of methoxy groups -OCH3 is 5. The van der Waals surface area contributed by atoms with Gasteiger partial charge in [-0.05, 0) is 0 Å². The summed E-state index contributed by atoms with van der Waals surface area (Å²) in [5.74, 6) is 0. The lowest BCUT2D eigenvalue weighted by Gasteiger charge is -2.36. The van der Waals surface area contributed by atoms with Crippen LogP contribution < -0.4 is 0 Å². The van der Waals surface area contributed by atoms with E-state index in [0.717, 1.165) is 45.8 Å². The molecule has 1 fully saturated rings. The monoisotopic (exact) mass is 451 g/mol. The minimum Gasteiger partial charge on any atom is -0.384 e. The Labute approximate surface area is 187 Å². The van der Waals surface area contributed by atoms with Gasteiger partial charge >= 0.3 is 0 Å². The summed E-state index contributed by atoms with van der Waals surface area (Å²) in [6, 6.07) is 0. The maximum Gasteiger partial charge on any atom is 0.124 e. The van der Waals surface area contributed by atoms with Crippen molar-refractivity contribution in [1.29, 1.82) is 0 Å². The molecule has 0 radical (unpaired) electrons. The maximum atomic E-state index is 11.0. The lowest BCUT2D eigenvalue weighted by atomic mass is 10.1. The molecule has 186 valence electrons. The molecule has 0 aromatic heterocycles. The topological polar surface area (TPSA) is 96.3 Å². The van der Waals surface area contributed by atoms with E-state index in [1.165, 1.54) is 0 Å². The van der Waals surface area contributed by atoms with Crippen LogP contribution in [-0.2, 0) is 23.7 Å². The van der Waals surface area contributed by atoms with Crippen LogP contribution in [-0.4, -0.2) is 164 Å². The quantitative estimate of drug-likeness (QED) is 0.309. The van der Waals surface area contributed by atoms with Gasteiger partial charge in [-0.3, -0.25) is 14.7 Å².